The molecular weight excluding hydrogens is 587 g/mol. The second-order valence-electron chi connectivity index (χ2n) is 14.2. The monoisotopic (exact) mass is 630 g/mol. The van der Waals surface area contributed by atoms with Crippen LogP contribution in [0.2, 0.25) is 19.6 Å². The van der Waals surface area contributed by atoms with Crippen molar-refractivity contribution in [1.82, 2.24) is 0 Å². The fourth-order valence-corrected chi connectivity index (χ4v) is 16.0. The van der Waals surface area contributed by atoms with Gasteiger partial charge in [0.25, 0.3) is 0 Å². The van der Waals surface area contributed by atoms with Gasteiger partial charge in [-0.15, -0.1) is 0 Å². The first-order chi connectivity index (χ1) is 16.0. The Kier molecular flexibility index (Phi) is 9.85. The molecule has 2 aliphatic rings. The molecule has 4 heteroatoms. The zero-order valence-electron chi connectivity index (χ0n) is 25.0. The van der Waals surface area contributed by atoms with Crippen molar-refractivity contribution in [3.8, 4) is 11.1 Å². The van der Waals surface area contributed by atoms with Crippen LogP contribution in [-0.2, 0) is 32.1 Å². The molecule has 4 rings (SSSR count). The number of hydrogen-bond donors (Lipinski definition) is 0. The molecule has 1 atom stereocenters. The van der Waals surface area contributed by atoms with Crippen LogP contribution in [0.3, 0.4) is 0 Å². The summed E-state index contributed by atoms with van der Waals surface area (Å²) in [7, 11) is -1.32. The molecule has 37 heavy (non-hydrogen) atoms. The minimum absolute atomic E-state index is 0. The maximum atomic E-state index is 2.68. The number of benzene rings is 2. The Balaban J connectivity index is 0.00000241. The fraction of sp³-hybridized carbons (Fsp3) is 0.485. The molecular formula is C33H46Cl2SiZr. The second-order valence-corrected chi connectivity index (χ2v) is 26.6. The summed E-state index contributed by atoms with van der Waals surface area (Å²) in [6, 6.07) is 14.9. The van der Waals surface area contributed by atoms with E-state index in [1.54, 1.807) is 19.5 Å². The Bertz CT molecular complexity index is 1210. The van der Waals surface area contributed by atoms with Crippen molar-refractivity contribution in [2.75, 3.05) is 0 Å². The van der Waals surface area contributed by atoms with Crippen molar-refractivity contribution in [3.63, 3.8) is 0 Å². The van der Waals surface area contributed by atoms with Gasteiger partial charge in [-0.25, -0.2) is 0 Å². The van der Waals surface area contributed by atoms with Crippen LogP contribution in [0.1, 0.15) is 88.2 Å². The maximum Gasteiger partial charge on any atom is -1.00 e. The Hall–Kier alpha value is -0.530. The predicted octanol–water partition coefficient (Wildman–Crippen LogP) is 3.53. The third kappa shape index (κ3) is 6.29. The predicted molar refractivity (Wildman–Crippen MR) is 156 cm³/mol. The van der Waals surface area contributed by atoms with Gasteiger partial charge in [-0.3, -0.25) is 0 Å². The molecule has 2 aromatic carbocycles. The van der Waals surface area contributed by atoms with Crippen LogP contribution in [0, 0.1) is 5.92 Å². The van der Waals surface area contributed by atoms with Crippen LogP contribution in [-0.4, -0.2) is 11.3 Å². The first kappa shape index (κ1) is 32.7. The molecule has 0 aromatic heterocycles. The van der Waals surface area contributed by atoms with E-state index in [2.05, 4.69) is 131 Å². The number of rotatable bonds is 3. The van der Waals surface area contributed by atoms with Crippen LogP contribution in [0.25, 0.3) is 11.1 Å². The largest absolute Gasteiger partial charge is 1.00 e. The fourth-order valence-electron chi connectivity index (χ4n) is 5.73. The van der Waals surface area contributed by atoms with Gasteiger partial charge in [0.15, 0.2) is 0 Å². The molecule has 0 aliphatic heterocycles. The van der Waals surface area contributed by atoms with E-state index in [9.17, 15) is 0 Å². The molecule has 0 nitrogen and oxygen atoms in total. The van der Waals surface area contributed by atoms with E-state index in [1.165, 1.54) is 22.3 Å². The molecule has 0 heterocycles. The van der Waals surface area contributed by atoms with Crippen LogP contribution in [0.15, 0.2) is 57.0 Å². The van der Waals surface area contributed by atoms with Gasteiger partial charge in [0.1, 0.15) is 0 Å². The van der Waals surface area contributed by atoms with Crippen molar-refractivity contribution in [2.45, 2.75) is 96.4 Å². The van der Waals surface area contributed by atoms with Crippen LogP contribution < -0.4 is 24.8 Å². The topological polar surface area (TPSA) is 0 Å². The molecule has 0 fully saturated rings. The van der Waals surface area contributed by atoms with E-state index >= 15 is 0 Å². The van der Waals surface area contributed by atoms with Crippen molar-refractivity contribution in [1.29, 1.82) is 0 Å². The average Bonchev–Trinajstić information content (AvgIpc) is 3.25. The van der Waals surface area contributed by atoms with Gasteiger partial charge in [-0.2, -0.15) is 0 Å². The SMILES string of the molecule is C[C](C)=[Zr+2]([C]1=CC([Si](C)(C)C)=CC1C)[CH]1c2ccc(C(C)(C)C)cc2-c2cc(C(C)(C)C)ccc21.[Cl-].[Cl-]. The Morgan fingerprint density at radius 2 is 1.19 bits per heavy atom. The molecule has 0 radical (unpaired) electrons. The van der Waals surface area contributed by atoms with E-state index < -0.39 is 29.3 Å². The molecule has 0 saturated carbocycles. The van der Waals surface area contributed by atoms with Crippen LogP contribution in [0.5, 0.6) is 0 Å². The Morgan fingerprint density at radius 1 is 0.757 bits per heavy atom. The molecule has 0 N–H and O–H groups in total. The van der Waals surface area contributed by atoms with Crippen molar-refractivity contribution < 1.29 is 46.1 Å². The smallest absolute Gasteiger partial charge is 1.00 e. The molecule has 1 unspecified atom stereocenters. The summed E-state index contributed by atoms with van der Waals surface area (Å²) in [6.07, 6.45) is 5.30. The summed E-state index contributed by atoms with van der Waals surface area (Å²) >= 11 is -2.19. The molecule has 2 aliphatic carbocycles. The standard InChI is InChI=1S/C21H25.C9H15Si.C3H6.2ClH.Zr/c1-20(2,3)16-9-7-14-11-15-8-10-17(21(4,5)6)13-19(15)18(14)12-16;1-8-5-6-9(7-8)10(2,3)4;1-3-2;;;/h7-13H,1-6H3;6-8H,1-4H3;1-2H3;2*1H;/q;;;;;+2/p-2. The van der Waals surface area contributed by atoms with E-state index in [1.807, 2.05) is 3.28 Å². The van der Waals surface area contributed by atoms with Gasteiger partial charge >= 0.3 is 225 Å². The van der Waals surface area contributed by atoms with E-state index in [0.717, 1.165) is 0 Å². The summed E-state index contributed by atoms with van der Waals surface area (Å²) in [4.78, 5) is 0. The van der Waals surface area contributed by atoms with Crippen molar-refractivity contribution >= 4 is 11.3 Å². The summed E-state index contributed by atoms with van der Waals surface area (Å²) < 4.78 is 4.12. The third-order valence-corrected chi connectivity index (χ3v) is 18.6. The molecule has 200 valence electrons. The zero-order valence-corrected chi connectivity index (χ0v) is 30.0. The molecule has 0 amide bonds. The summed E-state index contributed by atoms with van der Waals surface area (Å²) in [5, 5.41) is 1.67. The first-order valence-corrected chi connectivity index (χ1v) is 20.8. The number of halogens is 2. The van der Waals surface area contributed by atoms with E-state index in [-0.39, 0.29) is 35.6 Å². The van der Waals surface area contributed by atoms with Crippen LogP contribution in [0.4, 0.5) is 0 Å². The normalized spacial score (nSPS) is 17.0. The molecule has 0 spiro atoms. The van der Waals surface area contributed by atoms with E-state index in [4.69, 9.17) is 0 Å². The first-order valence-electron chi connectivity index (χ1n) is 13.4. The summed E-state index contributed by atoms with van der Waals surface area (Å²) in [6.45, 7) is 28.9. The maximum absolute atomic E-state index is 2.68. The Morgan fingerprint density at radius 3 is 1.51 bits per heavy atom. The van der Waals surface area contributed by atoms with Crippen LogP contribution >= 0.6 is 0 Å². The average molecular weight is 633 g/mol. The molecule has 0 bridgehead atoms. The Labute approximate surface area is 248 Å². The minimum Gasteiger partial charge on any atom is -1.00 e. The van der Waals surface area contributed by atoms with Gasteiger partial charge in [0.05, 0.1) is 0 Å². The van der Waals surface area contributed by atoms with Gasteiger partial charge in [0, 0.05) is 0 Å². The zero-order chi connectivity index (χ0) is 26.1. The second kappa shape index (κ2) is 11.2. The third-order valence-electron chi connectivity index (χ3n) is 7.99. The quantitative estimate of drug-likeness (QED) is 0.455. The van der Waals surface area contributed by atoms with Gasteiger partial charge in [-0.05, 0) is 0 Å². The van der Waals surface area contributed by atoms with Gasteiger partial charge in [0.2, 0.25) is 0 Å². The van der Waals surface area contributed by atoms with E-state index in [0.29, 0.717) is 9.54 Å². The number of hydrogen-bond acceptors (Lipinski definition) is 0. The molecule has 0 saturated heterocycles. The number of allylic oxidation sites excluding steroid dienone is 4. The molecule has 2 aromatic rings. The van der Waals surface area contributed by atoms with Crippen molar-refractivity contribution in [3.05, 3.63) is 79.3 Å². The van der Waals surface area contributed by atoms with Gasteiger partial charge < -0.3 is 24.8 Å². The van der Waals surface area contributed by atoms with Gasteiger partial charge in [-0.1, -0.05) is 0 Å². The minimum atomic E-state index is -2.19. The number of fused-ring (bicyclic) bond motifs is 3. The summed E-state index contributed by atoms with van der Waals surface area (Å²) in [5.41, 5.74) is 9.42. The van der Waals surface area contributed by atoms with Crippen molar-refractivity contribution in [2.24, 2.45) is 5.92 Å². The summed E-state index contributed by atoms with van der Waals surface area (Å²) in [5.74, 6) is 0.594.